The first-order valence-electron chi connectivity index (χ1n) is 26.9. The average molecular weight is 840 g/mol. The molecule has 0 saturated carbocycles. The van der Waals surface area contributed by atoms with Gasteiger partial charge >= 0.3 is 0 Å². The molecular weight excluding hydrogens is 735 g/mol. The van der Waals surface area contributed by atoms with Gasteiger partial charge in [0, 0.05) is 6.42 Å². The van der Waals surface area contributed by atoms with Gasteiger partial charge in [0.15, 0.2) is 0 Å². The van der Waals surface area contributed by atoms with Crippen molar-refractivity contribution in [1.82, 2.24) is 5.32 Å². The molecule has 0 radical (unpaired) electrons. The number of rotatable bonds is 49. The van der Waals surface area contributed by atoms with Crippen LogP contribution in [0, 0.1) is 0 Å². The van der Waals surface area contributed by atoms with Crippen molar-refractivity contribution in [3.05, 3.63) is 48.6 Å². The summed E-state index contributed by atoms with van der Waals surface area (Å²) in [5, 5.41) is 23.1. The van der Waals surface area contributed by atoms with Crippen LogP contribution in [-0.2, 0) is 4.79 Å². The Bertz CT molecular complexity index is 954. The maximum absolute atomic E-state index is 12.4. The maximum Gasteiger partial charge on any atom is 0.220 e. The quantitative estimate of drug-likeness (QED) is 0.0422. The Hall–Kier alpha value is -1.65. The average Bonchev–Trinajstić information content (AvgIpc) is 3.25. The smallest absolute Gasteiger partial charge is 0.220 e. The molecule has 3 N–H and O–H groups in total. The van der Waals surface area contributed by atoms with E-state index in [-0.39, 0.29) is 12.5 Å². The molecule has 4 heteroatoms. The largest absolute Gasteiger partial charge is 0.394 e. The predicted octanol–water partition coefficient (Wildman–Crippen LogP) is 17.5. The lowest BCUT2D eigenvalue weighted by atomic mass is 10.0. The van der Waals surface area contributed by atoms with E-state index in [1.54, 1.807) is 6.08 Å². The summed E-state index contributed by atoms with van der Waals surface area (Å²) in [4.78, 5) is 12.4. The highest BCUT2D eigenvalue weighted by Crippen LogP contribution is 2.16. The molecule has 0 heterocycles. The van der Waals surface area contributed by atoms with E-state index in [2.05, 4.69) is 55.6 Å². The number of nitrogens with one attached hydrogen (secondary N) is 1. The number of carbonyl (C=O) groups excluding carboxylic acids is 1. The summed E-state index contributed by atoms with van der Waals surface area (Å²) in [5.74, 6) is -0.0788. The van der Waals surface area contributed by atoms with Gasteiger partial charge < -0.3 is 15.5 Å². The van der Waals surface area contributed by atoms with Crippen LogP contribution in [0.3, 0.4) is 0 Å². The van der Waals surface area contributed by atoms with E-state index in [0.29, 0.717) is 6.42 Å². The normalized spacial score (nSPS) is 13.2. The first kappa shape index (κ1) is 58.4. The number of allylic oxidation sites excluding steroid dienone is 7. The molecule has 0 saturated heterocycles. The fourth-order valence-electron chi connectivity index (χ4n) is 8.15. The molecular formula is C56H105NO3. The molecule has 0 fully saturated rings. The minimum Gasteiger partial charge on any atom is -0.394 e. The number of unbranched alkanes of at least 4 members (excludes halogenated alkanes) is 36. The second kappa shape index (κ2) is 51.7. The van der Waals surface area contributed by atoms with Crippen molar-refractivity contribution in [3.8, 4) is 0 Å². The summed E-state index contributed by atoms with van der Waals surface area (Å²) in [5.41, 5.74) is 0. The number of aliphatic hydroxyl groups excluding tert-OH is 2. The van der Waals surface area contributed by atoms with Crippen LogP contribution >= 0.6 is 0 Å². The molecule has 0 aliphatic heterocycles. The van der Waals surface area contributed by atoms with Crippen LogP contribution in [0.5, 0.6) is 0 Å². The third kappa shape index (κ3) is 47.4. The third-order valence-electron chi connectivity index (χ3n) is 12.3. The summed E-state index contributed by atoms with van der Waals surface area (Å²) < 4.78 is 0. The van der Waals surface area contributed by atoms with Crippen molar-refractivity contribution in [2.75, 3.05) is 6.61 Å². The fraction of sp³-hybridized carbons (Fsp3) is 0.839. The van der Waals surface area contributed by atoms with Gasteiger partial charge in [-0.25, -0.2) is 0 Å². The molecule has 0 aromatic rings. The number of aliphatic hydroxyl groups is 2. The molecule has 2 atom stereocenters. The third-order valence-corrected chi connectivity index (χ3v) is 12.3. The lowest BCUT2D eigenvalue weighted by molar-refractivity contribution is -0.123. The zero-order valence-electron chi connectivity index (χ0n) is 40.5. The SMILES string of the molecule is CCCCCCCCCCCCCC/C=C\CCCCCCCCCCC(=O)NC(CO)C(O)/C=C/CC/C=C/CC/C=C/CCCCCCCCCCCCCCCC. The monoisotopic (exact) mass is 840 g/mol. The molecule has 0 spiro atoms. The van der Waals surface area contributed by atoms with E-state index in [4.69, 9.17) is 0 Å². The molecule has 2 unspecified atom stereocenters. The Morgan fingerprint density at radius 1 is 0.383 bits per heavy atom. The van der Waals surface area contributed by atoms with Gasteiger partial charge in [-0.3, -0.25) is 4.79 Å². The second-order valence-corrected chi connectivity index (χ2v) is 18.3. The van der Waals surface area contributed by atoms with Crippen LogP contribution in [0.15, 0.2) is 48.6 Å². The van der Waals surface area contributed by atoms with Gasteiger partial charge in [0.25, 0.3) is 0 Å². The van der Waals surface area contributed by atoms with Gasteiger partial charge in [-0.05, 0) is 70.6 Å². The molecule has 1 amide bonds. The number of hydrogen-bond acceptors (Lipinski definition) is 3. The highest BCUT2D eigenvalue weighted by molar-refractivity contribution is 5.76. The highest BCUT2D eigenvalue weighted by Gasteiger charge is 2.17. The summed E-state index contributed by atoms with van der Waals surface area (Å²) in [6.07, 6.45) is 71.2. The van der Waals surface area contributed by atoms with E-state index in [1.807, 2.05) is 6.08 Å². The van der Waals surface area contributed by atoms with Crippen molar-refractivity contribution < 1.29 is 15.0 Å². The molecule has 60 heavy (non-hydrogen) atoms. The van der Waals surface area contributed by atoms with E-state index < -0.39 is 12.1 Å². The van der Waals surface area contributed by atoms with Crippen LogP contribution < -0.4 is 5.32 Å². The summed E-state index contributed by atoms with van der Waals surface area (Å²) in [6.45, 7) is 4.32. The minimum absolute atomic E-state index is 0.0788. The van der Waals surface area contributed by atoms with Crippen molar-refractivity contribution in [3.63, 3.8) is 0 Å². The Balaban J connectivity index is 3.58. The fourth-order valence-corrected chi connectivity index (χ4v) is 8.15. The van der Waals surface area contributed by atoms with Crippen LogP contribution in [0.4, 0.5) is 0 Å². The summed E-state index contributed by atoms with van der Waals surface area (Å²) >= 11 is 0. The van der Waals surface area contributed by atoms with E-state index in [9.17, 15) is 15.0 Å². The van der Waals surface area contributed by atoms with Gasteiger partial charge in [0.05, 0.1) is 18.8 Å². The standard InChI is InChI=1S/C56H105NO3/c1-3-5-7-9-11-13-15-17-19-21-23-25-27-29-31-33-35-37-39-41-43-45-47-49-51-55(59)54(53-58)57-56(60)52-50-48-46-44-42-40-38-36-34-32-30-28-26-24-22-20-18-16-14-12-10-8-6-4-2/h30,32-33,35,41,43,49,51,54-55,58-59H,3-29,31,34,36-40,42,44-48,50,52-53H2,1-2H3,(H,57,60)/b32-30-,35-33+,43-41+,51-49+. The van der Waals surface area contributed by atoms with E-state index in [0.717, 1.165) is 38.5 Å². The Labute approximate surface area is 375 Å². The Morgan fingerprint density at radius 2 is 0.650 bits per heavy atom. The van der Waals surface area contributed by atoms with Gasteiger partial charge in [-0.2, -0.15) is 0 Å². The van der Waals surface area contributed by atoms with E-state index in [1.165, 1.54) is 225 Å². The minimum atomic E-state index is -0.873. The van der Waals surface area contributed by atoms with Gasteiger partial charge in [-0.1, -0.05) is 255 Å². The van der Waals surface area contributed by atoms with Crippen LogP contribution in [0.2, 0.25) is 0 Å². The first-order chi connectivity index (χ1) is 29.7. The molecule has 4 nitrogen and oxygen atoms in total. The van der Waals surface area contributed by atoms with Crippen molar-refractivity contribution in [2.45, 2.75) is 296 Å². The molecule has 0 rings (SSSR count). The zero-order chi connectivity index (χ0) is 43.5. The molecule has 0 aliphatic carbocycles. The topological polar surface area (TPSA) is 69.6 Å². The number of hydrogen-bond donors (Lipinski definition) is 3. The molecule has 0 aromatic carbocycles. The summed E-state index contributed by atoms with van der Waals surface area (Å²) in [7, 11) is 0. The second-order valence-electron chi connectivity index (χ2n) is 18.3. The number of amides is 1. The van der Waals surface area contributed by atoms with Gasteiger partial charge in [-0.15, -0.1) is 0 Å². The predicted molar refractivity (Wildman–Crippen MR) is 267 cm³/mol. The van der Waals surface area contributed by atoms with Crippen LogP contribution in [0.1, 0.15) is 284 Å². The zero-order valence-corrected chi connectivity index (χ0v) is 40.5. The summed E-state index contributed by atoms with van der Waals surface area (Å²) in [6, 6.07) is -0.648. The Kier molecular flexibility index (Phi) is 50.3. The molecule has 352 valence electrons. The number of carbonyl (C=O) groups is 1. The molecule has 0 bridgehead atoms. The highest BCUT2D eigenvalue weighted by atomic mass is 16.3. The van der Waals surface area contributed by atoms with Gasteiger partial charge in [0.1, 0.15) is 0 Å². The molecule has 0 aromatic heterocycles. The Morgan fingerprint density at radius 3 is 0.967 bits per heavy atom. The van der Waals surface area contributed by atoms with Crippen molar-refractivity contribution in [2.24, 2.45) is 0 Å². The van der Waals surface area contributed by atoms with Crippen LogP contribution in [-0.4, -0.2) is 34.9 Å². The maximum atomic E-state index is 12.4. The first-order valence-corrected chi connectivity index (χ1v) is 26.9. The molecule has 0 aliphatic rings. The van der Waals surface area contributed by atoms with Crippen molar-refractivity contribution in [1.29, 1.82) is 0 Å². The van der Waals surface area contributed by atoms with Gasteiger partial charge in [0.2, 0.25) is 5.91 Å². The van der Waals surface area contributed by atoms with Crippen molar-refractivity contribution >= 4 is 5.91 Å². The van der Waals surface area contributed by atoms with Crippen LogP contribution in [0.25, 0.3) is 0 Å². The van der Waals surface area contributed by atoms with E-state index >= 15 is 0 Å². The lowest BCUT2D eigenvalue weighted by Crippen LogP contribution is -2.45. The lowest BCUT2D eigenvalue weighted by Gasteiger charge is -2.19.